The Hall–Kier alpha value is -2.51. The zero-order chi connectivity index (χ0) is 24.9. The van der Waals surface area contributed by atoms with Crippen molar-refractivity contribution in [3.8, 4) is 17.2 Å². The van der Waals surface area contributed by atoms with Crippen LogP contribution in [0.5, 0.6) is 17.2 Å². The first-order valence-electron chi connectivity index (χ1n) is 11.7. The second kappa shape index (κ2) is 10.8. The largest absolute Gasteiger partial charge is 0.497 e. The maximum Gasteiger partial charge on any atom is 0.169 e. The summed E-state index contributed by atoms with van der Waals surface area (Å²) in [6.07, 6.45) is 2.00. The van der Waals surface area contributed by atoms with Crippen LogP contribution >= 0.6 is 12.2 Å². The van der Waals surface area contributed by atoms with Gasteiger partial charge in [-0.1, -0.05) is 12.1 Å². The van der Waals surface area contributed by atoms with Crippen LogP contribution in [0, 0.1) is 0 Å². The average molecular weight is 486 g/mol. The predicted octanol–water partition coefficient (Wildman–Crippen LogP) is 4.90. The van der Waals surface area contributed by atoms with Gasteiger partial charge in [-0.2, -0.15) is 0 Å². The minimum absolute atomic E-state index is 0.0368. The molecule has 34 heavy (non-hydrogen) atoms. The minimum atomic E-state index is 0.0368. The molecule has 1 fully saturated rings. The van der Waals surface area contributed by atoms with Gasteiger partial charge in [-0.15, -0.1) is 0 Å². The Balaban J connectivity index is 1.84. The summed E-state index contributed by atoms with van der Waals surface area (Å²) in [6.45, 7) is 10.3. The highest BCUT2D eigenvalue weighted by atomic mass is 32.1. The van der Waals surface area contributed by atoms with E-state index in [2.05, 4.69) is 55.4 Å². The lowest BCUT2D eigenvalue weighted by molar-refractivity contribution is 0.153. The molecule has 2 N–H and O–H groups in total. The number of benzene rings is 2. The highest BCUT2D eigenvalue weighted by Crippen LogP contribution is 2.30. The van der Waals surface area contributed by atoms with Crippen molar-refractivity contribution in [1.29, 1.82) is 0 Å². The summed E-state index contributed by atoms with van der Waals surface area (Å²) in [5.74, 6) is 2.39. The van der Waals surface area contributed by atoms with Gasteiger partial charge in [0.2, 0.25) is 0 Å². The Labute approximate surface area is 210 Å². The van der Waals surface area contributed by atoms with E-state index < -0.39 is 0 Å². The topological polar surface area (TPSA) is 55.0 Å². The van der Waals surface area contributed by atoms with Crippen LogP contribution in [-0.4, -0.2) is 48.5 Å². The van der Waals surface area contributed by atoms with Gasteiger partial charge in [-0.25, -0.2) is 0 Å². The zero-order valence-electron chi connectivity index (χ0n) is 21.5. The molecule has 0 unspecified atom stereocenters. The maximum absolute atomic E-state index is 5.99. The Kier molecular flexibility index (Phi) is 8.31. The van der Waals surface area contributed by atoms with E-state index in [0.717, 1.165) is 46.3 Å². The van der Waals surface area contributed by atoms with Crippen molar-refractivity contribution in [1.82, 2.24) is 15.5 Å². The van der Waals surface area contributed by atoms with E-state index in [9.17, 15) is 0 Å². The molecule has 0 bridgehead atoms. The van der Waals surface area contributed by atoms with E-state index in [1.165, 1.54) is 0 Å². The van der Waals surface area contributed by atoms with Gasteiger partial charge in [0.1, 0.15) is 17.2 Å². The van der Waals surface area contributed by atoms with Crippen molar-refractivity contribution in [2.75, 3.05) is 21.3 Å². The van der Waals surface area contributed by atoms with Crippen LogP contribution in [-0.2, 0) is 13.1 Å². The van der Waals surface area contributed by atoms with E-state index in [4.69, 9.17) is 26.4 Å². The molecular weight excluding hydrogens is 446 g/mol. The Morgan fingerprint density at radius 2 is 1.50 bits per heavy atom. The molecule has 1 saturated heterocycles. The van der Waals surface area contributed by atoms with Gasteiger partial charge in [0.05, 0.1) is 21.3 Å². The molecule has 1 heterocycles. The molecule has 6 nitrogen and oxygen atoms in total. The number of ether oxygens (including phenoxy) is 3. The standard InChI is InChI=1S/C27H39N3O3S/c1-26(2)15-21(16-27(3,4)29-26)28-25(34)30(17-19-8-11-22(31-5)12-9-19)18-20-10-13-23(32-6)14-24(20)33-7/h8-14,21,29H,15-18H2,1-7H3,(H,28,34). The number of hydrogen-bond acceptors (Lipinski definition) is 5. The second-order valence-electron chi connectivity index (χ2n) is 10.3. The van der Waals surface area contributed by atoms with Gasteiger partial charge in [-0.3, -0.25) is 0 Å². The number of piperidine rings is 1. The van der Waals surface area contributed by atoms with Crippen molar-refractivity contribution >= 4 is 17.3 Å². The Morgan fingerprint density at radius 1 is 0.912 bits per heavy atom. The number of methoxy groups -OCH3 is 3. The molecular formula is C27H39N3O3S. The SMILES string of the molecule is COc1ccc(CN(Cc2ccc(OC)cc2OC)C(=S)NC2CC(C)(C)NC(C)(C)C2)cc1. The zero-order valence-corrected chi connectivity index (χ0v) is 22.3. The van der Waals surface area contributed by atoms with Gasteiger partial charge in [-0.05, 0) is 82.6 Å². The molecule has 1 aliphatic rings. The first-order chi connectivity index (χ1) is 16.0. The smallest absolute Gasteiger partial charge is 0.169 e. The van der Waals surface area contributed by atoms with Crippen molar-refractivity contribution < 1.29 is 14.2 Å². The van der Waals surface area contributed by atoms with Crippen LogP contribution in [0.2, 0.25) is 0 Å². The fourth-order valence-electron chi connectivity index (χ4n) is 5.03. The third-order valence-electron chi connectivity index (χ3n) is 6.19. The van der Waals surface area contributed by atoms with Crippen LogP contribution in [0.4, 0.5) is 0 Å². The number of hydrogen-bond donors (Lipinski definition) is 2. The summed E-state index contributed by atoms with van der Waals surface area (Å²) < 4.78 is 16.4. The van der Waals surface area contributed by atoms with E-state index in [1.807, 2.05) is 30.3 Å². The normalized spacial score (nSPS) is 17.0. The summed E-state index contributed by atoms with van der Waals surface area (Å²) in [5.41, 5.74) is 2.28. The number of nitrogens with zero attached hydrogens (tertiary/aromatic N) is 1. The number of nitrogens with one attached hydrogen (secondary N) is 2. The van der Waals surface area contributed by atoms with Crippen molar-refractivity contribution in [2.45, 2.75) is 70.7 Å². The summed E-state index contributed by atoms with van der Waals surface area (Å²) in [4.78, 5) is 2.20. The lowest BCUT2D eigenvalue weighted by atomic mass is 9.80. The molecule has 0 aromatic heterocycles. The fourth-order valence-corrected chi connectivity index (χ4v) is 5.32. The molecule has 2 aromatic carbocycles. The highest BCUT2D eigenvalue weighted by Gasteiger charge is 2.38. The summed E-state index contributed by atoms with van der Waals surface area (Å²) in [7, 11) is 5.02. The van der Waals surface area contributed by atoms with E-state index in [1.54, 1.807) is 21.3 Å². The molecule has 2 aromatic rings. The minimum Gasteiger partial charge on any atom is -0.497 e. The lowest BCUT2D eigenvalue weighted by Gasteiger charge is -2.47. The first-order valence-corrected chi connectivity index (χ1v) is 12.1. The maximum atomic E-state index is 5.99. The molecule has 0 amide bonds. The Morgan fingerprint density at radius 3 is 2.06 bits per heavy atom. The van der Waals surface area contributed by atoms with Crippen LogP contribution in [0.3, 0.4) is 0 Å². The molecule has 7 heteroatoms. The number of rotatable bonds is 8. The predicted molar refractivity (Wildman–Crippen MR) is 142 cm³/mol. The second-order valence-corrected chi connectivity index (χ2v) is 10.7. The highest BCUT2D eigenvalue weighted by molar-refractivity contribution is 7.80. The lowest BCUT2D eigenvalue weighted by Crippen LogP contribution is -2.62. The van der Waals surface area contributed by atoms with Crippen molar-refractivity contribution in [3.05, 3.63) is 53.6 Å². The molecule has 0 spiro atoms. The van der Waals surface area contributed by atoms with E-state index in [-0.39, 0.29) is 17.1 Å². The summed E-state index contributed by atoms with van der Waals surface area (Å²) in [6, 6.07) is 14.3. The third kappa shape index (κ3) is 7.00. The number of thiocarbonyl (C=S) groups is 1. The van der Waals surface area contributed by atoms with Crippen LogP contribution < -0.4 is 24.8 Å². The molecule has 1 aliphatic heterocycles. The summed E-state index contributed by atoms with van der Waals surface area (Å²) >= 11 is 5.99. The third-order valence-corrected chi connectivity index (χ3v) is 6.57. The van der Waals surface area contributed by atoms with Gasteiger partial charge in [0, 0.05) is 41.8 Å². The molecule has 186 valence electrons. The monoisotopic (exact) mass is 485 g/mol. The molecule has 0 atom stereocenters. The van der Waals surface area contributed by atoms with Gasteiger partial charge < -0.3 is 29.7 Å². The van der Waals surface area contributed by atoms with E-state index in [0.29, 0.717) is 13.1 Å². The molecule has 3 rings (SSSR count). The van der Waals surface area contributed by atoms with Gasteiger partial charge in [0.25, 0.3) is 0 Å². The summed E-state index contributed by atoms with van der Waals surface area (Å²) in [5, 5.41) is 8.17. The molecule has 0 radical (unpaired) electrons. The van der Waals surface area contributed by atoms with Crippen LogP contribution in [0.15, 0.2) is 42.5 Å². The quantitative estimate of drug-likeness (QED) is 0.516. The molecule has 0 aliphatic carbocycles. The first kappa shape index (κ1) is 26.1. The van der Waals surface area contributed by atoms with Crippen LogP contribution in [0.25, 0.3) is 0 Å². The van der Waals surface area contributed by atoms with Gasteiger partial charge >= 0.3 is 0 Å². The fraction of sp³-hybridized carbons (Fsp3) is 0.519. The van der Waals surface area contributed by atoms with Gasteiger partial charge in [0.15, 0.2) is 5.11 Å². The molecule has 0 saturated carbocycles. The average Bonchev–Trinajstić information content (AvgIpc) is 2.77. The van der Waals surface area contributed by atoms with Crippen molar-refractivity contribution in [2.24, 2.45) is 0 Å². The van der Waals surface area contributed by atoms with Crippen molar-refractivity contribution in [3.63, 3.8) is 0 Å². The van der Waals surface area contributed by atoms with E-state index >= 15 is 0 Å². The Bertz CT molecular complexity index is 960. The van der Waals surface area contributed by atoms with Crippen LogP contribution in [0.1, 0.15) is 51.7 Å².